The Kier molecular flexibility index (Phi) is 4.01. The average Bonchev–Trinajstić information content (AvgIpc) is 3.28. The molecule has 1 amide bonds. The van der Waals surface area contributed by atoms with E-state index in [0.717, 1.165) is 22.3 Å². The smallest absolute Gasteiger partial charge is 0.411 e. The van der Waals surface area contributed by atoms with Crippen LogP contribution < -0.4 is 0 Å². The zero-order chi connectivity index (χ0) is 20.0. The Morgan fingerprint density at radius 2 is 1.69 bits per heavy atom. The van der Waals surface area contributed by atoms with Crippen LogP contribution in [0.25, 0.3) is 11.1 Å². The van der Waals surface area contributed by atoms with Gasteiger partial charge in [-0.3, -0.25) is 4.90 Å². The van der Waals surface area contributed by atoms with Gasteiger partial charge in [0.2, 0.25) is 0 Å². The molecule has 0 saturated heterocycles. The molecule has 1 atom stereocenters. The van der Waals surface area contributed by atoms with Crippen molar-refractivity contribution in [1.29, 1.82) is 0 Å². The van der Waals surface area contributed by atoms with Gasteiger partial charge in [0.25, 0.3) is 0 Å². The molecule has 0 radical (unpaired) electrons. The number of benzene rings is 2. The Bertz CT molecular complexity index is 1080. The van der Waals surface area contributed by atoms with Crippen molar-refractivity contribution in [2.75, 3.05) is 6.61 Å². The zero-order valence-corrected chi connectivity index (χ0v) is 15.4. The highest BCUT2D eigenvalue weighted by molar-refractivity contribution is 5.83. The van der Waals surface area contributed by atoms with Crippen molar-refractivity contribution in [3.05, 3.63) is 83.4 Å². The van der Waals surface area contributed by atoms with Crippen LogP contribution >= 0.6 is 0 Å². The van der Waals surface area contributed by atoms with Gasteiger partial charge in [-0.15, -0.1) is 0 Å². The van der Waals surface area contributed by atoms with Crippen molar-refractivity contribution in [3.8, 4) is 11.1 Å². The van der Waals surface area contributed by atoms with Gasteiger partial charge in [0.15, 0.2) is 6.04 Å². The molecule has 1 aromatic heterocycles. The van der Waals surface area contributed by atoms with Crippen LogP contribution in [0.2, 0.25) is 0 Å². The number of carbonyl (C=O) groups is 2. The largest absolute Gasteiger partial charge is 0.479 e. The van der Waals surface area contributed by atoms with Gasteiger partial charge in [0.1, 0.15) is 12.9 Å². The first-order chi connectivity index (χ1) is 14.1. The van der Waals surface area contributed by atoms with E-state index in [1.54, 1.807) is 0 Å². The maximum atomic E-state index is 12.8. The first-order valence-electron chi connectivity index (χ1n) is 9.28. The summed E-state index contributed by atoms with van der Waals surface area (Å²) >= 11 is 0. The van der Waals surface area contributed by atoms with E-state index >= 15 is 0 Å². The van der Waals surface area contributed by atoms with Crippen LogP contribution in [0.15, 0.2) is 61.1 Å². The Hall–Kier alpha value is -3.74. The monoisotopic (exact) mass is 387 g/mol. The van der Waals surface area contributed by atoms with Crippen molar-refractivity contribution in [2.24, 2.45) is 0 Å². The van der Waals surface area contributed by atoms with Gasteiger partial charge in [0.05, 0.1) is 12.2 Å². The van der Waals surface area contributed by atoms with E-state index in [4.69, 9.17) is 4.74 Å². The molecular formula is C22H17N3O4. The van der Waals surface area contributed by atoms with E-state index < -0.39 is 18.1 Å². The van der Waals surface area contributed by atoms with Crippen molar-refractivity contribution in [2.45, 2.75) is 18.5 Å². The molecule has 5 rings (SSSR count). The van der Waals surface area contributed by atoms with E-state index in [1.165, 1.54) is 17.4 Å². The Morgan fingerprint density at radius 1 is 1.03 bits per heavy atom. The minimum absolute atomic E-state index is 0.0839. The minimum Gasteiger partial charge on any atom is -0.479 e. The minimum atomic E-state index is -1.14. The number of nitrogens with zero attached hydrogens (tertiary/aromatic N) is 3. The Morgan fingerprint density at radius 3 is 2.34 bits per heavy atom. The van der Waals surface area contributed by atoms with Gasteiger partial charge in [-0.2, -0.15) is 0 Å². The first-order valence-corrected chi connectivity index (χ1v) is 9.28. The van der Waals surface area contributed by atoms with E-state index in [0.29, 0.717) is 11.3 Å². The van der Waals surface area contributed by atoms with Gasteiger partial charge in [0, 0.05) is 17.7 Å². The third-order valence-corrected chi connectivity index (χ3v) is 5.56. The molecule has 0 fully saturated rings. The maximum absolute atomic E-state index is 12.8. The number of rotatable bonds is 3. The number of aliphatic carboxylic acids is 1. The molecule has 1 aliphatic heterocycles. The number of aromatic nitrogens is 2. The second kappa shape index (κ2) is 6.70. The van der Waals surface area contributed by atoms with Gasteiger partial charge >= 0.3 is 12.1 Å². The quantitative estimate of drug-likeness (QED) is 0.741. The van der Waals surface area contributed by atoms with Crippen LogP contribution in [-0.2, 0) is 16.1 Å². The molecule has 3 aromatic rings. The van der Waals surface area contributed by atoms with Crippen molar-refractivity contribution < 1.29 is 19.4 Å². The summed E-state index contributed by atoms with van der Waals surface area (Å²) in [4.78, 5) is 33.7. The summed E-state index contributed by atoms with van der Waals surface area (Å²) in [5, 5.41) is 9.61. The van der Waals surface area contributed by atoms with Crippen LogP contribution in [0.1, 0.15) is 34.3 Å². The predicted octanol–water partition coefficient (Wildman–Crippen LogP) is 3.37. The summed E-state index contributed by atoms with van der Waals surface area (Å²) in [6, 6.07) is 15.0. The highest BCUT2D eigenvalue weighted by Gasteiger charge is 2.41. The molecule has 1 aliphatic carbocycles. The highest BCUT2D eigenvalue weighted by atomic mass is 16.6. The van der Waals surface area contributed by atoms with Crippen molar-refractivity contribution in [1.82, 2.24) is 14.9 Å². The number of carboxylic acids is 1. The predicted molar refractivity (Wildman–Crippen MR) is 103 cm³/mol. The zero-order valence-electron chi connectivity index (χ0n) is 15.4. The normalized spacial score (nSPS) is 16.8. The standard InChI is InChI=1S/C22H17N3O4/c26-21(27)20-17-9-23-12-24-19(17)10-25(20)22(28)29-11-18-15-7-3-1-5-13(15)14-6-2-4-8-16(14)18/h1-9,12,18,20H,10-11H2,(H,26,27). The topological polar surface area (TPSA) is 92.6 Å². The lowest BCUT2D eigenvalue weighted by atomic mass is 9.98. The third kappa shape index (κ3) is 2.74. The Balaban J connectivity index is 1.38. The summed E-state index contributed by atoms with van der Waals surface area (Å²) < 4.78 is 5.61. The summed E-state index contributed by atoms with van der Waals surface area (Å²) in [5.41, 5.74) is 5.43. The van der Waals surface area contributed by atoms with Crippen molar-refractivity contribution in [3.63, 3.8) is 0 Å². The summed E-state index contributed by atoms with van der Waals surface area (Å²) in [5.74, 6) is -1.22. The van der Waals surface area contributed by atoms with Crippen molar-refractivity contribution >= 4 is 12.1 Å². The van der Waals surface area contributed by atoms with Gasteiger partial charge < -0.3 is 9.84 Å². The summed E-state index contributed by atoms with van der Waals surface area (Å²) in [6.07, 6.45) is 2.12. The molecule has 1 unspecified atom stereocenters. The lowest BCUT2D eigenvalue weighted by molar-refractivity contribution is -0.142. The molecule has 0 spiro atoms. The number of hydrogen-bond acceptors (Lipinski definition) is 5. The number of fused-ring (bicyclic) bond motifs is 4. The van der Waals surface area contributed by atoms with Gasteiger partial charge in [-0.1, -0.05) is 48.5 Å². The van der Waals surface area contributed by atoms with Crippen LogP contribution in [0, 0.1) is 0 Å². The summed E-state index contributed by atoms with van der Waals surface area (Å²) in [6.45, 7) is 0.225. The molecule has 7 nitrogen and oxygen atoms in total. The van der Waals surface area contributed by atoms with E-state index in [2.05, 4.69) is 22.1 Å². The second-order valence-electron chi connectivity index (χ2n) is 7.10. The lowest BCUT2D eigenvalue weighted by Gasteiger charge is -2.22. The van der Waals surface area contributed by atoms with Gasteiger partial charge in [-0.05, 0) is 22.3 Å². The van der Waals surface area contributed by atoms with Crippen LogP contribution in [0.5, 0.6) is 0 Å². The van der Waals surface area contributed by atoms with Crippen LogP contribution in [-0.4, -0.2) is 38.6 Å². The van der Waals surface area contributed by atoms with E-state index in [1.807, 2.05) is 36.4 Å². The molecule has 0 bridgehead atoms. The molecule has 1 N–H and O–H groups in total. The molecule has 7 heteroatoms. The highest BCUT2D eigenvalue weighted by Crippen LogP contribution is 2.44. The first kappa shape index (κ1) is 17.4. The van der Waals surface area contributed by atoms with Crippen LogP contribution in [0.3, 0.4) is 0 Å². The van der Waals surface area contributed by atoms with Crippen LogP contribution in [0.4, 0.5) is 4.79 Å². The fourth-order valence-corrected chi connectivity index (χ4v) is 4.26. The fraction of sp³-hybridized carbons (Fsp3) is 0.182. The number of carboxylic acid groups (broad SMARTS) is 1. The molecule has 2 aliphatic rings. The maximum Gasteiger partial charge on any atom is 0.411 e. The number of amides is 1. The molecule has 2 aromatic carbocycles. The SMILES string of the molecule is O=C(O)C1c2cncnc2CN1C(=O)OCC1c2ccccc2-c2ccccc21. The second-order valence-corrected chi connectivity index (χ2v) is 7.10. The molecule has 144 valence electrons. The summed E-state index contributed by atoms with van der Waals surface area (Å²) in [7, 11) is 0. The molecule has 29 heavy (non-hydrogen) atoms. The molecular weight excluding hydrogens is 370 g/mol. The lowest BCUT2D eigenvalue weighted by Crippen LogP contribution is -2.35. The van der Waals surface area contributed by atoms with Gasteiger partial charge in [-0.25, -0.2) is 19.6 Å². The fourth-order valence-electron chi connectivity index (χ4n) is 4.26. The van der Waals surface area contributed by atoms with E-state index in [9.17, 15) is 14.7 Å². The Labute approximate surface area is 166 Å². The molecule has 2 heterocycles. The number of ether oxygens (including phenoxy) is 1. The number of carbonyl (C=O) groups excluding carboxylic acids is 1. The molecule has 0 saturated carbocycles. The number of hydrogen-bond donors (Lipinski definition) is 1. The van der Waals surface area contributed by atoms with E-state index in [-0.39, 0.29) is 19.1 Å². The third-order valence-electron chi connectivity index (χ3n) is 5.56. The average molecular weight is 387 g/mol.